The summed E-state index contributed by atoms with van der Waals surface area (Å²) in [5.41, 5.74) is 1.73. The van der Waals surface area contributed by atoms with E-state index in [-0.39, 0.29) is 0 Å². The lowest BCUT2D eigenvalue weighted by molar-refractivity contribution is 0.562. The molecule has 1 rings (SSSR count). The van der Waals surface area contributed by atoms with E-state index < -0.39 is 0 Å². The number of aromatic amines is 1. The quantitative estimate of drug-likeness (QED) is 0.478. The number of hydrogen-bond acceptors (Lipinski definition) is 3. The van der Waals surface area contributed by atoms with Crippen LogP contribution < -0.4 is 0 Å². The maximum atomic E-state index is 9.66. The molecule has 0 fully saturated rings. The highest BCUT2D eigenvalue weighted by molar-refractivity contribution is 5.33. The van der Waals surface area contributed by atoms with E-state index in [0.717, 1.165) is 11.4 Å². The standard InChI is InChI=1S/C6H7N3O/c1-5-2-6(9-8-5)3-7-4-10/h2H,3H2,1H3,(H,8,9). The Kier molecular flexibility index (Phi) is 1.97. The highest BCUT2D eigenvalue weighted by Crippen LogP contribution is 1.97. The molecule has 0 atom stereocenters. The number of carbonyl (C=O) groups excluding carboxylic acids is 1. The molecular weight excluding hydrogens is 130 g/mol. The van der Waals surface area contributed by atoms with Gasteiger partial charge in [-0.05, 0) is 13.0 Å². The number of nitrogens with one attached hydrogen (secondary N) is 1. The molecule has 0 radical (unpaired) electrons. The van der Waals surface area contributed by atoms with Crippen LogP contribution in [0.15, 0.2) is 11.1 Å². The Morgan fingerprint density at radius 2 is 2.70 bits per heavy atom. The van der Waals surface area contributed by atoms with Crippen molar-refractivity contribution < 1.29 is 4.79 Å². The van der Waals surface area contributed by atoms with E-state index in [9.17, 15) is 4.79 Å². The summed E-state index contributed by atoms with van der Waals surface area (Å²) < 4.78 is 0. The number of aromatic nitrogens is 2. The fourth-order valence-electron chi connectivity index (χ4n) is 0.669. The first-order valence-electron chi connectivity index (χ1n) is 2.87. The summed E-state index contributed by atoms with van der Waals surface area (Å²) in [4.78, 5) is 13.0. The van der Waals surface area contributed by atoms with Crippen molar-refractivity contribution in [2.24, 2.45) is 4.99 Å². The minimum Gasteiger partial charge on any atom is -0.283 e. The van der Waals surface area contributed by atoms with Gasteiger partial charge in [0.15, 0.2) is 0 Å². The molecule has 0 spiro atoms. The summed E-state index contributed by atoms with van der Waals surface area (Å²) in [6, 6.07) is 1.83. The topological polar surface area (TPSA) is 58.1 Å². The van der Waals surface area contributed by atoms with E-state index in [1.54, 1.807) is 0 Å². The average Bonchev–Trinajstić information content (AvgIpc) is 2.31. The van der Waals surface area contributed by atoms with Crippen molar-refractivity contribution in [1.82, 2.24) is 10.2 Å². The first-order valence-corrected chi connectivity index (χ1v) is 2.87. The minimum atomic E-state index is 0.313. The molecule has 4 nitrogen and oxygen atoms in total. The summed E-state index contributed by atoms with van der Waals surface area (Å²) in [6.07, 6.45) is 1.45. The van der Waals surface area contributed by atoms with Crippen molar-refractivity contribution in [1.29, 1.82) is 0 Å². The van der Waals surface area contributed by atoms with Gasteiger partial charge in [0, 0.05) is 5.69 Å². The van der Waals surface area contributed by atoms with Crippen LogP contribution in [-0.4, -0.2) is 16.3 Å². The van der Waals surface area contributed by atoms with Gasteiger partial charge in [0.25, 0.3) is 0 Å². The van der Waals surface area contributed by atoms with Gasteiger partial charge in [-0.1, -0.05) is 0 Å². The Labute approximate surface area is 58.0 Å². The molecule has 0 bridgehead atoms. The predicted octanol–water partition coefficient (Wildman–Crippen LogP) is 0.554. The molecule has 0 aliphatic carbocycles. The zero-order chi connectivity index (χ0) is 7.40. The molecule has 4 heteroatoms. The first-order chi connectivity index (χ1) is 4.83. The first kappa shape index (κ1) is 6.71. The average molecular weight is 137 g/mol. The van der Waals surface area contributed by atoms with Crippen LogP contribution in [0, 0.1) is 6.92 Å². The molecule has 1 aromatic rings. The molecule has 1 heterocycles. The van der Waals surface area contributed by atoms with Crippen LogP contribution >= 0.6 is 0 Å². The molecule has 1 N–H and O–H groups in total. The lowest BCUT2D eigenvalue weighted by Crippen LogP contribution is -1.79. The molecule has 0 unspecified atom stereocenters. The number of rotatable bonds is 2. The van der Waals surface area contributed by atoms with E-state index >= 15 is 0 Å². The molecule has 1 aromatic heterocycles. The fraction of sp³-hybridized carbons (Fsp3) is 0.333. The Hall–Kier alpha value is -1.41. The van der Waals surface area contributed by atoms with Gasteiger partial charge in [0.05, 0.1) is 12.2 Å². The van der Waals surface area contributed by atoms with E-state index in [2.05, 4.69) is 15.2 Å². The predicted molar refractivity (Wildman–Crippen MR) is 35.2 cm³/mol. The van der Waals surface area contributed by atoms with E-state index in [1.165, 1.54) is 6.08 Å². The van der Waals surface area contributed by atoms with Gasteiger partial charge in [0.1, 0.15) is 0 Å². The molecule has 10 heavy (non-hydrogen) atoms. The smallest absolute Gasteiger partial charge is 0.235 e. The van der Waals surface area contributed by atoms with Crippen LogP contribution in [0.25, 0.3) is 0 Å². The third-order valence-corrected chi connectivity index (χ3v) is 1.06. The van der Waals surface area contributed by atoms with Gasteiger partial charge in [-0.25, -0.2) is 4.79 Å². The monoisotopic (exact) mass is 137 g/mol. The highest BCUT2D eigenvalue weighted by atomic mass is 16.1. The van der Waals surface area contributed by atoms with Crippen LogP contribution in [0.1, 0.15) is 11.4 Å². The van der Waals surface area contributed by atoms with Crippen LogP contribution in [0.3, 0.4) is 0 Å². The maximum absolute atomic E-state index is 9.66. The fourth-order valence-corrected chi connectivity index (χ4v) is 0.669. The summed E-state index contributed by atoms with van der Waals surface area (Å²) >= 11 is 0. The normalized spacial score (nSPS) is 8.90. The molecule has 0 amide bonds. The Bertz CT molecular complexity index is 260. The maximum Gasteiger partial charge on any atom is 0.235 e. The van der Waals surface area contributed by atoms with Crippen LogP contribution in [-0.2, 0) is 11.3 Å². The van der Waals surface area contributed by atoms with Crippen LogP contribution in [0.5, 0.6) is 0 Å². The zero-order valence-electron chi connectivity index (χ0n) is 5.59. The molecule has 0 saturated carbocycles. The summed E-state index contributed by atoms with van der Waals surface area (Å²) in [5, 5.41) is 6.59. The van der Waals surface area contributed by atoms with E-state index in [0.29, 0.717) is 6.54 Å². The Morgan fingerprint density at radius 3 is 3.20 bits per heavy atom. The molecule has 0 aromatic carbocycles. The van der Waals surface area contributed by atoms with Crippen LogP contribution in [0.4, 0.5) is 0 Å². The number of nitrogens with zero attached hydrogens (tertiary/aromatic N) is 2. The van der Waals surface area contributed by atoms with Crippen molar-refractivity contribution in [2.75, 3.05) is 0 Å². The molecule has 52 valence electrons. The van der Waals surface area contributed by atoms with Gasteiger partial charge in [-0.2, -0.15) is 10.1 Å². The van der Waals surface area contributed by atoms with Crippen LogP contribution in [0.2, 0.25) is 0 Å². The number of aliphatic imine (C=N–C) groups is 1. The van der Waals surface area contributed by atoms with Crippen molar-refractivity contribution in [3.05, 3.63) is 17.5 Å². The third kappa shape index (κ3) is 1.53. The largest absolute Gasteiger partial charge is 0.283 e. The summed E-state index contributed by atoms with van der Waals surface area (Å²) in [5.74, 6) is 0. The van der Waals surface area contributed by atoms with Crippen molar-refractivity contribution in [3.8, 4) is 0 Å². The van der Waals surface area contributed by atoms with Gasteiger partial charge < -0.3 is 0 Å². The molecule has 0 aliphatic rings. The summed E-state index contributed by atoms with van der Waals surface area (Å²) in [6.45, 7) is 2.20. The van der Waals surface area contributed by atoms with E-state index in [1.807, 2.05) is 13.0 Å². The molecule has 0 saturated heterocycles. The zero-order valence-corrected chi connectivity index (χ0v) is 5.59. The Morgan fingerprint density at radius 1 is 1.90 bits per heavy atom. The third-order valence-electron chi connectivity index (χ3n) is 1.06. The van der Waals surface area contributed by atoms with Crippen molar-refractivity contribution in [2.45, 2.75) is 13.5 Å². The number of H-pyrrole nitrogens is 1. The second-order valence-electron chi connectivity index (χ2n) is 1.95. The number of aryl methyl sites for hydroxylation is 1. The van der Waals surface area contributed by atoms with Gasteiger partial charge in [0.2, 0.25) is 6.08 Å². The van der Waals surface area contributed by atoms with E-state index in [4.69, 9.17) is 0 Å². The SMILES string of the molecule is Cc1cc(CN=C=O)n[nH]1. The second kappa shape index (κ2) is 2.94. The molecular formula is C6H7N3O. The van der Waals surface area contributed by atoms with Crippen molar-refractivity contribution >= 4 is 6.08 Å². The lowest BCUT2D eigenvalue weighted by Gasteiger charge is -1.78. The summed E-state index contributed by atoms with van der Waals surface area (Å²) in [7, 11) is 0. The van der Waals surface area contributed by atoms with Gasteiger partial charge in [-0.3, -0.25) is 5.10 Å². The number of hydrogen-bond donors (Lipinski definition) is 1. The highest BCUT2D eigenvalue weighted by Gasteiger charge is 1.93. The van der Waals surface area contributed by atoms with Crippen molar-refractivity contribution in [3.63, 3.8) is 0 Å². The lowest BCUT2D eigenvalue weighted by atomic mass is 10.4. The number of isocyanates is 1. The second-order valence-corrected chi connectivity index (χ2v) is 1.95. The minimum absolute atomic E-state index is 0.313. The Balaban J connectivity index is 2.66. The van der Waals surface area contributed by atoms with Gasteiger partial charge >= 0.3 is 0 Å². The molecule has 0 aliphatic heterocycles. The van der Waals surface area contributed by atoms with Gasteiger partial charge in [-0.15, -0.1) is 0 Å².